The molecule has 28 heavy (non-hydrogen) atoms. The Hall–Kier alpha value is -2.15. The van der Waals surface area contributed by atoms with Crippen LogP contribution in [0.1, 0.15) is 52.0 Å². The minimum Gasteiger partial charge on any atom is -0.444 e. The summed E-state index contributed by atoms with van der Waals surface area (Å²) in [4.78, 5) is 25.9. The monoisotopic (exact) mass is 390 g/mol. The second-order valence-corrected chi connectivity index (χ2v) is 8.98. The third-order valence-corrected chi connectivity index (χ3v) is 5.85. The van der Waals surface area contributed by atoms with E-state index in [4.69, 9.17) is 4.74 Å². The van der Waals surface area contributed by atoms with Gasteiger partial charge in [-0.3, -0.25) is 15.0 Å². The molecule has 1 saturated carbocycles. The Morgan fingerprint density at radius 3 is 2.39 bits per heavy atom. The number of nitrogens with zero attached hydrogens (tertiary/aromatic N) is 2. The number of ether oxygens (including phenoxy) is 1. The summed E-state index contributed by atoms with van der Waals surface area (Å²) in [6.45, 7) is 5.40. The van der Waals surface area contributed by atoms with Gasteiger partial charge in [-0.25, -0.2) is 4.79 Å². The van der Waals surface area contributed by atoms with Crippen LogP contribution in [-0.2, 0) is 11.2 Å². The zero-order valence-electron chi connectivity index (χ0n) is 16.8. The standard InChI is InChI=1S/C21H30N2O5/c1-21(2,3)28-20(25)22-16-11-9-15(10-12-16)18(22)19(24)17(23(26)27)13-14-7-5-4-6-8-14/h4-8,15-19,24H,9-13H2,1-3H3. The van der Waals surface area contributed by atoms with Crippen LogP contribution in [0.15, 0.2) is 30.3 Å². The molecule has 0 spiro atoms. The third kappa shape index (κ3) is 4.46. The molecule has 0 aromatic heterocycles. The van der Waals surface area contributed by atoms with E-state index >= 15 is 0 Å². The minimum absolute atomic E-state index is 0.0244. The van der Waals surface area contributed by atoms with E-state index in [1.165, 1.54) is 0 Å². The summed E-state index contributed by atoms with van der Waals surface area (Å²) >= 11 is 0. The van der Waals surface area contributed by atoms with Crippen LogP contribution in [0.5, 0.6) is 0 Å². The maximum Gasteiger partial charge on any atom is 0.410 e. The van der Waals surface area contributed by atoms with Crippen molar-refractivity contribution >= 4 is 6.09 Å². The van der Waals surface area contributed by atoms with Crippen LogP contribution >= 0.6 is 0 Å². The minimum atomic E-state index is -1.24. The molecule has 2 saturated heterocycles. The number of hydrogen-bond acceptors (Lipinski definition) is 5. The molecule has 2 heterocycles. The first-order valence-electron chi connectivity index (χ1n) is 10.0. The number of carbonyl (C=O) groups is 1. The van der Waals surface area contributed by atoms with Crippen LogP contribution in [0.3, 0.4) is 0 Å². The number of rotatable bonds is 5. The average Bonchev–Trinajstić information content (AvgIpc) is 2.65. The summed E-state index contributed by atoms with van der Waals surface area (Å²) in [5, 5.41) is 22.9. The number of carbonyl (C=O) groups excluding carboxylic acids is 1. The molecule has 2 bridgehead atoms. The van der Waals surface area contributed by atoms with Gasteiger partial charge in [-0.15, -0.1) is 0 Å². The zero-order chi connectivity index (χ0) is 20.5. The third-order valence-electron chi connectivity index (χ3n) is 5.85. The average molecular weight is 390 g/mol. The number of amides is 1. The molecular formula is C21H30N2O5. The summed E-state index contributed by atoms with van der Waals surface area (Å²) in [6.07, 6.45) is 1.88. The predicted molar refractivity (Wildman–Crippen MR) is 105 cm³/mol. The van der Waals surface area contributed by atoms with Gasteiger partial charge < -0.3 is 9.84 Å². The number of aliphatic hydroxyl groups excluding tert-OH is 1. The Bertz CT molecular complexity index is 694. The van der Waals surface area contributed by atoms with Crippen molar-refractivity contribution in [2.24, 2.45) is 5.92 Å². The second kappa shape index (κ2) is 8.07. The van der Waals surface area contributed by atoms with Crippen molar-refractivity contribution in [2.45, 2.75) is 82.7 Å². The molecule has 2 aliphatic heterocycles. The van der Waals surface area contributed by atoms with Gasteiger partial charge in [0.25, 0.3) is 0 Å². The SMILES string of the molecule is CC(C)(C)OC(=O)N1C2CCC(CC2)C1C(O)C(Cc1ccccc1)[N+](=O)[O-]. The van der Waals surface area contributed by atoms with Crippen molar-refractivity contribution in [3.05, 3.63) is 46.0 Å². The molecule has 154 valence electrons. The van der Waals surface area contributed by atoms with Gasteiger partial charge in [-0.1, -0.05) is 30.3 Å². The molecule has 3 aliphatic rings. The smallest absolute Gasteiger partial charge is 0.410 e. The van der Waals surface area contributed by atoms with E-state index in [2.05, 4.69) is 0 Å². The van der Waals surface area contributed by atoms with Crippen molar-refractivity contribution in [3.8, 4) is 0 Å². The fourth-order valence-corrected chi connectivity index (χ4v) is 4.62. The largest absolute Gasteiger partial charge is 0.444 e. The molecule has 3 fully saturated rings. The van der Waals surface area contributed by atoms with Crippen LogP contribution in [0.25, 0.3) is 0 Å². The summed E-state index contributed by atoms with van der Waals surface area (Å²) < 4.78 is 5.57. The molecule has 1 aromatic rings. The zero-order valence-corrected chi connectivity index (χ0v) is 16.8. The highest BCUT2D eigenvalue weighted by molar-refractivity contribution is 5.69. The molecule has 7 heteroatoms. The van der Waals surface area contributed by atoms with E-state index in [-0.39, 0.29) is 18.4 Å². The van der Waals surface area contributed by atoms with Gasteiger partial charge in [0.1, 0.15) is 11.7 Å². The van der Waals surface area contributed by atoms with Gasteiger partial charge in [0.2, 0.25) is 6.04 Å². The topological polar surface area (TPSA) is 92.9 Å². The van der Waals surface area contributed by atoms with Crippen LogP contribution in [0, 0.1) is 16.0 Å². The Labute approximate surface area is 165 Å². The molecule has 3 unspecified atom stereocenters. The molecule has 4 rings (SSSR count). The van der Waals surface area contributed by atoms with Crippen LogP contribution in [0.2, 0.25) is 0 Å². The summed E-state index contributed by atoms with van der Waals surface area (Å²) in [5.74, 6) is 0.0609. The highest BCUT2D eigenvalue weighted by Crippen LogP contribution is 2.42. The number of fused-ring (bicyclic) bond motifs is 3. The Balaban J connectivity index is 1.85. The van der Waals surface area contributed by atoms with Crippen molar-refractivity contribution in [3.63, 3.8) is 0 Å². The molecule has 1 amide bonds. The van der Waals surface area contributed by atoms with E-state index in [0.29, 0.717) is 0 Å². The van der Waals surface area contributed by atoms with Crippen molar-refractivity contribution in [2.75, 3.05) is 0 Å². The van der Waals surface area contributed by atoms with Crippen LogP contribution < -0.4 is 0 Å². The van der Waals surface area contributed by atoms with Gasteiger partial charge in [0.05, 0.1) is 6.04 Å². The van der Waals surface area contributed by atoms with E-state index in [9.17, 15) is 20.0 Å². The lowest BCUT2D eigenvalue weighted by Crippen LogP contribution is -2.65. The van der Waals surface area contributed by atoms with Crippen molar-refractivity contribution in [1.29, 1.82) is 0 Å². The van der Waals surface area contributed by atoms with Gasteiger partial charge in [0, 0.05) is 17.4 Å². The lowest BCUT2D eigenvalue weighted by Gasteiger charge is -2.52. The first-order chi connectivity index (χ1) is 13.2. The summed E-state index contributed by atoms with van der Waals surface area (Å²) in [7, 11) is 0. The first-order valence-corrected chi connectivity index (χ1v) is 10.0. The van der Waals surface area contributed by atoms with E-state index in [1.54, 1.807) is 25.7 Å². The predicted octanol–water partition coefficient (Wildman–Crippen LogP) is 3.41. The fraction of sp³-hybridized carbons (Fsp3) is 0.667. The maximum absolute atomic E-state index is 12.9. The van der Waals surface area contributed by atoms with E-state index in [0.717, 1.165) is 31.2 Å². The van der Waals surface area contributed by atoms with Crippen molar-refractivity contribution < 1.29 is 19.6 Å². The van der Waals surface area contributed by atoms with Gasteiger partial charge >= 0.3 is 6.09 Å². The highest BCUT2D eigenvalue weighted by atomic mass is 16.6. The van der Waals surface area contributed by atoms with Crippen LogP contribution in [-0.4, -0.2) is 50.9 Å². The normalized spacial score (nSPS) is 26.6. The second-order valence-electron chi connectivity index (χ2n) is 8.98. The number of piperidine rings is 2. The molecule has 1 aromatic carbocycles. The highest BCUT2D eigenvalue weighted by Gasteiger charge is 2.52. The van der Waals surface area contributed by atoms with E-state index in [1.807, 2.05) is 30.3 Å². The van der Waals surface area contributed by atoms with Gasteiger partial charge in [-0.2, -0.15) is 0 Å². The van der Waals surface area contributed by atoms with E-state index < -0.39 is 34.8 Å². The number of hydrogen-bond donors (Lipinski definition) is 1. The van der Waals surface area contributed by atoms with Gasteiger partial charge in [0.15, 0.2) is 0 Å². The molecule has 3 atom stereocenters. The molecule has 1 N–H and O–H groups in total. The summed E-state index contributed by atoms with van der Waals surface area (Å²) in [5.41, 5.74) is 0.142. The first kappa shape index (κ1) is 20.6. The Morgan fingerprint density at radius 1 is 1.25 bits per heavy atom. The number of benzene rings is 1. The number of aliphatic hydroxyl groups is 1. The Morgan fingerprint density at radius 2 is 1.86 bits per heavy atom. The lowest BCUT2D eigenvalue weighted by molar-refractivity contribution is -0.536. The quantitative estimate of drug-likeness (QED) is 0.614. The molecule has 1 aliphatic carbocycles. The Kier molecular flexibility index (Phi) is 5.93. The number of nitro groups is 1. The lowest BCUT2D eigenvalue weighted by atomic mass is 9.71. The van der Waals surface area contributed by atoms with Gasteiger partial charge in [-0.05, 0) is 57.9 Å². The molecular weight excluding hydrogens is 360 g/mol. The molecule has 7 nitrogen and oxygen atoms in total. The van der Waals surface area contributed by atoms with Crippen molar-refractivity contribution in [1.82, 2.24) is 4.90 Å². The molecule has 0 radical (unpaired) electrons. The maximum atomic E-state index is 12.9. The van der Waals surface area contributed by atoms with Crippen LogP contribution in [0.4, 0.5) is 4.79 Å². The summed E-state index contributed by atoms with van der Waals surface area (Å²) in [6, 6.07) is 7.37. The fourth-order valence-electron chi connectivity index (χ4n) is 4.62.